The second kappa shape index (κ2) is 9.89. The van der Waals surface area contributed by atoms with Gasteiger partial charge in [0.25, 0.3) is 0 Å². The number of halogens is 1. The van der Waals surface area contributed by atoms with Gasteiger partial charge in [-0.15, -0.1) is 11.8 Å². The number of nitrogens with two attached hydrogens (primary N) is 1. The summed E-state index contributed by atoms with van der Waals surface area (Å²) < 4.78 is 36.4. The molecule has 38 heavy (non-hydrogen) atoms. The fourth-order valence-electron chi connectivity index (χ4n) is 4.39. The van der Waals surface area contributed by atoms with Gasteiger partial charge in [0, 0.05) is 4.75 Å². The van der Waals surface area contributed by atoms with E-state index in [4.69, 9.17) is 5.14 Å². The maximum absolute atomic E-state index is 14.4. The molecule has 15 heteroatoms. The molecular formula is C23H24FN5O7S2. The van der Waals surface area contributed by atoms with Crippen LogP contribution >= 0.6 is 11.8 Å². The molecule has 2 aromatic rings. The Morgan fingerprint density at radius 1 is 1.16 bits per heavy atom. The van der Waals surface area contributed by atoms with E-state index in [-0.39, 0.29) is 5.69 Å². The summed E-state index contributed by atoms with van der Waals surface area (Å²) in [5, 5.41) is 21.2. The van der Waals surface area contributed by atoms with Crippen molar-refractivity contribution in [2.45, 2.75) is 47.0 Å². The molecule has 4 rings (SSSR count). The first-order valence-electron chi connectivity index (χ1n) is 11.2. The first-order chi connectivity index (χ1) is 17.7. The lowest BCUT2D eigenvalue weighted by Gasteiger charge is -2.44. The Bertz CT molecular complexity index is 1420. The van der Waals surface area contributed by atoms with Gasteiger partial charge in [-0.1, -0.05) is 30.3 Å². The van der Waals surface area contributed by atoms with Crippen LogP contribution in [0.3, 0.4) is 0 Å². The van der Waals surface area contributed by atoms with E-state index < -0.39 is 72.8 Å². The largest absolute Gasteiger partial charge is 0.480 e. The zero-order valence-electron chi connectivity index (χ0n) is 20.0. The second-order valence-electron chi connectivity index (χ2n) is 9.21. The monoisotopic (exact) mass is 565 g/mol. The number of rotatable bonds is 7. The summed E-state index contributed by atoms with van der Waals surface area (Å²) in [6, 6.07) is 6.39. The number of nitrogens with one attached hydrogen (secondary N) is 3. The van der Waals surface area contributed by atoms with E-state index >= 15 is 0 Å². The van der Waals surface area contributed by atoms with Gasteiger partial charge in [0.2, 0.25) is 21.8 Å². The first-order valence-corrected chi connectivity index (χ1v) is 13.6. The molecule has 2 aromatic carbocycles. The van der Waals surface area contributed by atoms with E-state index in [0.29, 0.717) is 11.6 Å². The molecule has 0 saturated carbocycles. The van der Waals surface area contributed by atoms with Crippen molar-refractivity contribution in [2.24, 2.45) is 5.14 Å². The number of nitrogens with zero attached hydrogens (tertiary/aromatic N) is 1. The highest BCUT2D eigenvalue weighted by Crippen LogP contribution is 2.50. The number of urea groups is 1. The minimum Gasteiger partial charge on any atom is -0.480 e. The first kappa shape index (κ1) is 27.3. The molecule has 2 aliphatic heterocycles. The summed E-state index contributed by atoms with van der Waals surface area (Å²) in [6.45, 7) is 3.41. The highest BCUT2D eigenvalue weighted by atomic mass is 32.2. The molecule has 0 spiro atoms. The van der Waals surface area contributed by atoms with Gasteiger partial charge in [-0.2, -0.15) is 0 Å². The zero-order valence-corrected chi connectivity index (χ0v) is 21.7. The van der Waals surface area contributed by atoms with Crippen LogP contribution in [0.15, 0.2) is 53.4 Å². The van der Waals surface area contributed by atoms with Gasteiger partial charge in [-0.25, -0.2) is 27.5 Å². The van der Waals surface area contributed by atoms with Crippen molar-refractivity contribution in [1.82, 2.24) is 15.5 Å². The van der Waals surface area contributed by atoms with Gasteiger partial charge in [0.1, 0.15) is 29.3 Å². The van der Waals surface area contributed by atoms with E-state index in [1.54, 1.807) is 44.2 Å². The molecule has 2 heterocycles. The van der Waals surface area contributed by atoms with E-state index in [0.717, 1.165) is 12.1 Å². The van der Waals surface area contributed by atoms with Crippen LogP contribution in [0, 0.1) is 5.82 Å². The quantitative estimate of drug-likeness (QED) is 0.307. The molecule has 2 aliphatic rings. The van der Waals surface area contributed by atoms with Crippen molar-refractivity contribution in [1.29, 1.82) is 0 Å². The van der Waals surface area contributed by atoms with Gasteiger partial charge in [0.15, 0.2) is 0 Å². The standard InChI is InChI=1S/C23H24FN5O7S2/c1-23(2)17(21(32)33)29-19(31)16(20(29)37-23)27-18(30)15(11-6-4-3-5-7-11)28-22(34)26-14-9-8-12(10-13(14)24)38(25,35)36/h3-10,15-17,20H,1-2H3,(H,27,30)(H,32,33)(H2,25,35,36)(H2,26,28,34)/t15-,16-,17+,20-/m1/s1. The third-order valence-corrected chi connectivity index (χ3v) is 8.64. The van der Waals surface area contributed by atoms with Gasteiger partial charge in [-0.3, -0.25) is 9.59 Å². The van der Waals surface area contributed by atoms with Crippen LogP contribution < -0.4 is 21.1 Å². The molecule has 0 radical (unpaired) electrons. The normalized spacial score (nSPS) is 22.6. The lowest BCUT2D eigenvalue weighted by molar-refractivity contribution is -0.161. The van der Waals surface area contributed by atoms with Crippen LogP contribution in [0.25, 0.3) is 0 Å². The molecule has 0 bridgehead atoms. The molecule has 4 amide bonds. The van der Waals surface area contributed by atoms with Crippen molar-refractivity contribution >= 4 is 51.3 Å². The highest BCUT2D eigenvalue weighted by molar-refractivity contribution is 8.01. The lowest BCUT2D eigenvalue weighted by Crippen LogP contribution is -2.71. The fourth-order valence-corrected chi connectivity index (χ4v) is 6.54. The molecule has 202 valence electrons. The number of anilines is 1. The number of hydrogen-bond donors (Lipinski definition) is 5. The van der Waals surface area contributed by atoms with Crippen LogP contribution in [-0.2, 0) is 24.4 Å². The number of primary sulfonamides is 1. The molecule has 4 atom stereocenters. The summed E-state index contributed by atoms with van der Waals surface area (Å²) in [4.78, 5) is 51.2. The third-order valence-electron chi connectivity index (χ3n) is 6.16. The van der Waals surface area contributed by atoms with Crippen LogP contribution in [0.4, 0.5) is 14.9 Å². The van der Waals surface area contributed by atoms with E-state index in [1.165, 1.54) is 16.7 Å². The number of benzene rings is 2. The molecule has 2 saturated heterocycles. The molecule has 0 aliphatic carbocycles. The summed E-state index contributed by atoms with van der Waals surface area (Å²) in [5.41, 5.74) is -0.00660. The number of carbonyl (C=O) groups is 4. The molecule has 6 N–H and O–H groups in total. The Balaban J connectivity index is 1.50. The minimum atomic E-state index is -4.16. The Morgan fingerprint density at radius 3 is 2.39 bits per heavy atom. The average Bonchev–Trinajstić information content (AvgIpc) is 3.10. The van der Waals surface area contributed by atoms with Crippen LogP contribution in [-0.4, -0.2) is 64.4 Å². The number of hydrogen-bond acceptors (Lipinski definition) is 7. The lowest BCUT2D eigenvalue weighted by atomic mass is 9.95. The van der Waals surface area contributed by atoms with Crippen molar-refractivity contribution in [3.63, 3.8) is 0 Å². The maximum Gasteiger partial charge on any atom is 0.327 e. The zero-order chi connectivity index (χ0) is 28.0. The van der Waals surface area contributed by atoms with Crippen LogP contribution in [0.5, 0.6) is 0 Å². The number of sulfonamides is 1. The Hall–Kier alpha value is -3.69. The number of carbonyl (C=O) groups excluding carboxylic acids is 3. The topological polar surface area (TPSA) is 188 Å². The molecule has 12 nitrogen and oxygen atoms in total. The smallest absolute Gasteiger partial charge is 0.327 e. The van der Waals surface area contributed by atoms with Crippen molar-refractivity contribution in [3.8, 4) is 0 Å². The van der Waals surface area contributed by atoms with Crippen molar-refractivity contribution in [3.05, 3.63) is 59.9 Å². The number of carboxylic acid groups (broad SMARTS) is 1. The summed E-state index contributed by atoms with van der Waals surface area (Å²) in [7, 11) is -4.16. The SMILES string of the molecule is CC1(C)S[C@@H]2[C@H](NC(=O)[C@H](NC(=O)Nc3ccc(S(N)(=O)=O)cc3F)c3ccccc3)C(=O)N2[C@H]1C(=O)O. The summed E-state index contributed by atoms with van der Waals surface area (Å²) >= 11 is 1.25. The molecule has 2 fully saturated rings. The van der Waals surface area contributed by atoms with Crippen LogP contribution in [0.1, 0.15) is 25.5 Å². The second-order valence-corrected chi connectivity index (χ2v) is 12.5. The Morgan fingerprint density at radius 2 is 1.82 bits per heavy atom. The summed E-state index contributed by atoms with van der Waals surface area (Å²) in [6.07, 6.45) is 0. The minimum absolute atomic E-state index is 0.358. The number of thioether (sulfide) groups is 1. The van der Waals surface area contributed by atoms with Gasteiger partial charge in [-0.05, 0) is 37.6 Å². The van der Waals surface area contributed by atoms with E-state index in [1.807, 2.05) is 0 Å². The maximum atomic E-state index is 14.4. The van der Waals surface area contributed by atoms with Crippen LogP contribution in [0.2, 0.25) is 0 Å². The predicted molar refractivity (Wildman–Crippen MR) is 135 cm³/mol. The van der Waals surface area contributed by atoms with E-state index in [2.05, 4.69) is 16.0 Å². The third kappa shape index (κ3) is 5.16. The fraction of sp³-hybridized carbons (Fsp3) is 0.304. The van der Waals surface area contributed by atoms with E-state index in [9.17, 15) is 37.1 Å². The predicted octanol–water partition coefficient (Wildman–Crippen LogP) is 0.968. The number of aliphatic carboxylic acids is 1. The average molecular weight is 566 g/mol. The Labute approximate surface area is 221 Å². The number of amides is 4. The number of fused-ring (bicyclic) bond motifs is 1. The summed E-state index contributed by atoms with van der Waals surface area (Å²) in [5.74, 6) is -3.51. The van der Waals surface area contributed by atoms with Crippen molar-refractivity contribution < 1.29 is 37.1 Å². The number of carboxylic acids is 1. The van der Waals surface area contributed by atoms with Gasteiger partial charge >= 0.3 is 12.0 Å². The molecule has 0 aromatic heterocycles. The molecular weight excluding hydrogens is 541 g/mol. The number of β-lactam (4-membered cyclic amide) rings is 1. The van der Waals surface area contributed by atoms with Gasteiger partial charge in [0.05, 0.1) is 10.6 Å². The van der Waals surface area contributed by atoms with Crippen molar-refractivity contribution in [2.75, 3.05) is 5.32 Å². The van der Waals surface area contributed by atoms with Gasteiger partial charge < -0.3 is 26.0 Å². The Kier molecular flexibility index (Phi) is 7.11. The molecule has 0 unspecified atom stereocenters. The highest BCUT2D eigenvalue weighted by Gasteiger charge is 2.64.